The highest BCUT2D eigenvalue weighted by Crippen LogP contribution is 2.30. The quantitative estimate of drug-likeness (QED) is 0.499. The second-order valence-corrected chi connectivity index (χ2v) is 6.76. The van der Waals surface area contributed by atoms with Crippen LogP contribution in [-0.4, -0.2) is 33.0 Å². The average Bonchev–Trinajstić information content (AvgIpc) is 3.39. The lowest BCUT2D eigenvalue weighted by molar-refractivity contribution is 0.0566. The zero-order chi connectivity index (χ0) is 22.1. The number of fused-ring (bicyclic) bond motifs is 1. The van der Waals surface area contributed by atoms with E-state index in [0.29, 0.717) is 55.0 Å². The van der Waals surface area contributed by atoms with E-state index in [-0.39, 0.29) is 0 Å². The van der Waals surface area contributed by atoms with E-state index in [4.69, 9.17) is 10.00 Å². The van der Waals surface area contributed by atoms with E-state index in [9.17, 15) is 13.6 Å². The fraction of sp³-hybridized carbons (Fsp3) is 0.143. The van der Waals surface area contributed by atoms with Gasteiger partial charge in [0.2, 0.25) is 0 Å². The van der Waals surface area contributed by atoms with E-state index in [1.807, 2.05) is 6.07 Å². The lowest BCUT2D eigenvalue weighted by atomic mass is 10.0. The standard InChI is InChI=1S/C21H16F2N6O2/c1-11-5-12(8-24)6-17(31-2)18(11)20(30)26-14-3-4-16-15(7-14)19(28-27-16)13-9-25-29(10-13)21(22)23/h3-7,9-10,21H,1-2H3,(H,26,30)(H,27,28). The number of nitrogens with one attached hydrogen (secondary N) is 2. The number of halogens is 2. The smallest absolute Gasteiger partial charge is 0.333 e. The first-order valence-corrected chi connectivity index (χ1v) is 9.12. The molecule has 0 saturated carbocycles. The third-order valence-corrected chi connectivity index (χ3v) is 4.77. The number of anilines is 1. The number of alkyl halides is 2. The summed E-state index contributed by atoms with van der Waals surface area (Å²) < 4.78 is 31.5. The largest absolute Gasteiger partial charge is 0.496 e. The van der Waals surface area contributed by atoms with Gasteiger partial charge in [0.1, 0.15) is 11.4 Å². The summed E-state index contributed by atoms with van der Waals surface area (Å²) in [5.74, 6) is -0.118. The first kappa shape index (κ1) is 20.0. The Balaban J connectivity index is 1.68. The average molecular weight is 422 g/mol. The first-order chi connectivity index (χ1) is 14.9. The number of amides is 1. The summed E-state index contributed by atoms with van der Waals surface area (Å²) in [5, 5.41) is 23.2. The molecule has 4 rings (SSSR count). The summed E-state index contributed by atoms with van der Waals surface area (Å²) in [6.45, 7) is -1.03. The fourth-order valence-electron chi connectivity index (χ4n) is 3.34. The molecule has 0 atom stereocenters. The van der Waals surface area contributed by atoms with E-state index >= 15 is 0 Å². The fourth-order valence-corrected chi connectivity index (χ4v) is 3.34. The molecule has 0 saturated heterocycles. The van der Waals surface area contributed by atoms with Crippen LogP contribution in [0.2, 0.25) is 0 Å². The molecule has 1 amide bonds. The molecule has 2 aromatic carbocycles. The minimum Gasteiger partial charge on any atom is -0.496 e. The zero-order valence-electron chi connectivity index (χ0n) is 16.5. The molecular formula is C21H16F2N6O2. The predicted octanol–water partition coefficient (Wildman–Crippen LogP) is 4.26. The molecule has 2 heterocycles. The molecule has 0 fully saturated rings. The molecule has 0 radical (unpaired) electrons. The lowest BCUT2D eigenvalue weighted by Crippen LogP contribution is -2.15. The lowest BCUT2D eigenvalue weighted by Gasteiger charge is -2.12. The Hall–Kier alpha value is -4.26. The van der Waals surface area contributed by atoms with Crippen molar-refractivity contribution in [3.63, 3.8) is 0 Å². The maximum absolute atomic E-state index is 12.9. The number of nitriles is 1. The number of carbonyl (C=O) groups excluding carboxylic acids is 1. The highest BCUT2D eigenvalue weighted by atomic mass is 19.3. The zero-order valence-corrected chi connectivity index (χ0v) is 16.5. The van der Waals surface area contributed by atoms with Crippen LogP contribution in [0.5, 0.6) is 5.75 Å². The van der Waals surface area contributed by atoms with Crippen LogP contribution in [0, 0.1) is 18.3 Å². The topological polar surface area (TPSA) is 109 Å². The Morgan fingerprint density at radius 3 is 2.81 bits per heavy atom. The number of methoxy groups -OCH3 is 1. The number of nitrogens with zero attached hydrogens (tertiary/aromatic N) is 4. The predicted molar refractivity (Wildman–Crippen MR) is 109 cm³/mol. The van der Waals surface area contributed by atoms with Crippen LogP contribution in [0.3, 0.4) is 0 Å². The maximum Gasteiger partial charge on any atom is 0.333 e. The maximum atomic E-state index is 12.9. The van der Waals surface area contributed by atoms with Gasteiger partial charge in [-0.2, -0.15) is 24.2 Å². The van der Waals surface area contributed by atoms with Crippen molar-refractivity contribution in [2.24, 2.45) is 0 Å². The summed E-state index contributed by atoms with van der Waals surface area (Å²) in [6.07, 6.45) is 2.51. The molecule has 10 heteroatoms. The van der Waals surface area contributed by atoms with Crippen molar-refractivity contribution in [3.8, 4) is 23.1 Å². The van der Waals surface area contributed by atoms with E-state index < -0.39 is 12.5 Å². The molecule has 0 aliphatic heterocycles. The molecule has 0 unspecified atom stereocenters. The summed E-state index contributed by atoms with van der Waals surface area (Å²) in [6, 6.07) is 10.2. The SMILES string of the molecule is COc1cc(C#N)cc(C)c1C(=O)Nc1ccc2[nH]nc(-c3cnn(C(F)F)c3)c2c1. The molecule has 0 spiro atoms. The van der Waals surface area contributed by atoms with Gasteiger partial charge in [0, 0.05) is 22.8 Å². The van der Waals surface area contributed by atoms with Crippen molar-refractivity contribution < 1.29 is 18.3 Å². The molecule has 0 bridgehead atoms. The van der Waals surface area contributed by atoms with Gasteiger partial charge >= 0.3 is 6.55 Å². The van der Waals surface area contributed by atoms with Gasteiger partial charge in [0.15, 0.2) is 0 Å². The van der Waals surface area contributed by atoms with Gasteiger partial charge in [-0.05, 0) is 42.8 Å². The van der Waals surface area contributed by atoms with Gasteiger partial charge in [0.25, 0.3) is 5.91 Å². The molecule has 8 nitrogen and oxygen atoms in total. The van der Waals surface area contributed by atoms with Gasteiger partial charge in [-0.3, -0.25) is 9.89 Å². The molecule has 31 heavy (non-hydrogen) atoms. The monoisotopic (exact) mass is 422 g/mol. The van der Waals surface area contributed by atoms with Gasteiger partial charge < -0.3 is 10.1 Å². The highest BCUT2D eigenvalue weighted by molar-refractivity contribution is 6.08. The number of hydrogen-bond acceptors (Lipinski definition) is 5. The van der Waals surface area contributed by atoms with Crippen molar-refractivity contribution in [1.82, 2.24) is 20.0 Å². The number of ether oxygens (including phenoxy) is 1. The van der Waals surface area contributed by atoms with Crippen LogP contribution < -0.4 is 10.1 Å². The number of benzene rings is 2. The molecule has 2 N–H and O–H groups in total. The van der Waals surface area contributed by atoms with E-state index in [1.54, 1.807) is 31.2 Å². The number of aromatic amines is 1. The summed E-state index contributed by atoms with van der Waals surface area (Å²) >= 11 is 0. The number of carbonyl (C=O) groups is 1. The van der Waals surface area contributed by atoms with Gasteiger partial charge in [-0.25, -0.2) is 4.68 Å². The van der Waals surface area contributed by atoms with Crippen molar-refractivity contribution in [1.29, 1.82) is 5.26 Å². The second kappa shape index (κ2) is 7.87. The van der Waals surface area contributed by atoms with E-state index in [2.05, 4.69) is 20.6 Å². The van der Waals surface area contributed by atoms with Gasteiger partial charge in [-0.1, -0.05) is 0 Å². The van der Waals surface area contributed by atoms with Gasteiger partial charge in [-0.15, -0.1) is 0 Å². The Bertz CT molecular complexity index is 1340. The third-order valence-electron chi connectivity index (χ3n) is 4.77. The van der Waals surface area contributed by atoms with Crippen molar-refractivity contribution >= 4 is 22.5 Å². The van der Waals surface area contributed by atoms with Crippen LogP contribution in [0.1, 0.15) is 28.0 Å². The van der Waals surface area contributed by atoms with E-state index in [0.717, 1.165) is 0 Å². The van der Waals surface area contributed by atoms with Crippen molar-refractivity contribution in [3.05, 3.63) is 59.4 Å². The highest BCUT2D eigenvalue weighted by Gasteiger charge is 2.18. The molecule has 0 aliphatic carbocycles. The Kier molecular flexibility index (Phi) is 5.09. The van der Waals surface area contributed by atoms with Crippen molar-refractivity contribution in [2.45, 2.75) is 13.5 Å². The Morgan fingerprint density at radius 2 is 2.13 bits per heavy atom. The van der Waals surface area contributed by atoms with E-state index in [1.165, 1.54) is 25.6 Å². The van der Waals surface area contributed by atoms with Gasteiger partial charge in [0.05, 0.1) is 36.0 Å². The summed E-state index contributed by atoms with van der Waals surface area (Å²) in [7, 11) is 1.43. The molecule has 0 aliphatic rings. The Morgan fingerprint density at radius 1 is 1.32 bits per heavy atom. The van der Waals surface area contributed by atoms with Crippen molar-refractivity contribution in [2.75, 3.05) is 12.4 Å². The minimum atomic E-state index is -2.75. The summed E-state index contributed by atoms with van der Waals surface area (Å²) in [5.41, 5.74) is 3.30. The molecule has 2 aromatic heterocycles. The third kappa shape index (κ3) is 3.69. The molecule has 156 valence electrons. The second-order valence-electron chi connectivity index (χ2n) is 6.76. The number of H-pyrrole nitrogens is 1. The molecule has 4 aromatic rings. The Labute approximate surface area is 175 Å². The molecular weight excluding hydrogens is 406 g/mol. The van der Waals surface area contributed by atoms with Crippen LogP contribution in [0.25, 0.3) is 22.2 Å². The number of rotatable bonds is 5. The van der Waals surface area contributed by atoms with Crippen LogP contribution in [0.15, 0.2) is 42.7 Å². The number of hydrogen-bond donors (Lipinski definition) is 2. The summed E-state index contributed by atoms with van der Waals surface area (Å²) in [4.78, 5) is 12.9. The van der Waals surface area contributed by atoms with Crippen LogP contribution in [-0.2, 0) is 0 Å². The normalized spacial score (nSPS) is 11.0. The number of aromatic nitrogens is 4. The van der Waals surface area contributed by atoms with Crippen LogP contribution >= 0.6 is 0 Å². The first-order valence-electron chi connectivity index (χ1n) is 9.12. The number of aryl methyl sites for hydroxylation is 1. The minimum absolute atomic E-state index is 0.290. The van der Waals surface area contributed by atoms with Crippen LogP contribution in [0.4, 0.5) is 14.5 Å².